The number of carbonyl (C=O) groups is 2. The zero-order chi connectivity index (χ0) is 18.0. The molecule has 1 aliphatic carbocycles. The highest BCUT2D eigenvalue weighted by Gasteiger charge is 2.48. The highest BCUT2D eigenvalue weighted by Crippen LogP contribution is 2.52. The highest BCUT2D eigenvalue weighted by atomic mass is 19.1. The van der Waals surface area contributed by atoms with E-state index in [9.17, 15) is 18.4 Å². The largest absolute Gasteiger partial charge is 0.316 e. The van der Waals surface area contributed by atoms with Crippen LogP contribution in [0.2, 0.25) is 0 Å². The minimum Gasteiger partial charge on any atom is -0.316 e. The molecule has 7 heteroatoms. The molecular weight excluding hydrogens is 340 g/mol. The smallest absolute Gasteiger partial charge is 0.243 e. The lowest BCUT2D eigenvalue weighted by atomic mass is 9.59. The minimum absolute atomic E-state index is 0.146. The lowest BCUT2D eigenvalue weighted by Crippen LogP contribution is -2.52. The van der Waals surface area contributed by atoms with Crippen LogP contribution in [0.5, 0.6) is 0 Å². The van der Waals surface area contributed by atoms with Crippen molar-refractivity contribution in [2.24, 2.45) is 11.8 Å². The number of nitrogens with one attached hydrogen (secondary N) is 2. The molecule has 1 saturated carbocycles. The summed E-state index contributed by atoms with van der Waals surface area (Å²) >= 11 is 0. The molecule has 26 heavy (non-hydrogen) atoms. The van der Waals surface area contributed by atoms with E-state index in [1.165, 1.54) is 0 Å². The first kappa shape index (κ1) is 16.3. The van der Waals surface area contributed by atoms with Gasteiger partial charge in [0.25, 0.3) is 0 Å². The Kier molecular flexibility index (Phi) is 3.66. The van der Waals surface area contributed by atoms with Gasteiger partial charge in [-0.1, -0.05) is 0 Å². The first-order valence-electron chi connectivity index (χ1n) is 9.31. The number of rotatable bonds is 2. The Hall–Kier alpha value is -1.86. The van der Waals surface area contributed by atoms with Crippen LogP contribution in [0.15, 0.2) is 6.07 Å². The monoisotopic (exact) mass is 361 g/mol. The van der Waals surface area contributed by atoms with Gasteiger partial charge in [0.05, 0.1) is 6.04 Å². The molecule has 2 bridgehead atoms. The predicted octanol–water partition coefficient (Wildman–Crippen LogP) is 1.41. The Morgan fingerprint density at radius 2 is 1.77 bits per heavy atom. The van der Waals surface area contributed by atoms with Crippen molar-refractivity contribution in [1.82, 2.24) is 15.5 Å². The third-order valence-corrected chi connectivity index (χ3v) is 6.63. The average molecular weight is 361 g/mol. The molecule has 2 saturated heterocycles. The van der Waals surface area contributed by atoms with Gasteiger partial charge in [0, 0.05) is 31.1 Å². The number of fused-ring (bicyclic) bond motifs is 3. The van der Waals surface area contributed by atoms with Crippen molar-refractivity contribution >= 4 is 11.8 Å². The molecule has 5 rings (SSSR count). The van der Waals surface area contributed by atoms with Crippen LogP contribution < -0.4 is 10.6 Å². The van der Waals surface area contributed by atoms with Crippen LogP contribution in [-0.2, 0) is 22.7 Å². The molecule has 3 atom stereocenters. The fourth-order valence-electron chi connectivity index (χ4n) is 5.37. The van der Waals surface area contributed by atoms with Gasteiger partial charge >= 0.3 is 0 Å². The number of hydrogen-bond acceptors (Lipinski definition) is 4. The number of benzene rings is 1. The summed E-state index contributed by atoms with van der Waals surface area (Å²) in [5.74, 6) is -0.624. The summed E-state index contributed by atoms with van der Waals surface area (Å²) in [6, 6.07) is 0.557. The van der Waals surface area contributed by atoms with Crippen LogP contribution >= 0.6 is 0 Å². The first-order valence-corrected chi connectivity index (χ1v) is 9.31. The molecular formula is C19H21F2N3O2. The number of hydrogen-bond donors (Lipinski definition) is 2. The fourth-order valence-corrected chi connectivity index (χ4v) is 5.37. The van der Waals surface area contributed by atoms with Gasteiger partial charge in [-0.25, -0.2) is 8.78 Å². The minimum atomic E-state index is -0.529. The quantitative estimate of drug-likeness (QED) is 0.782. The van der Waals surface area contributed by atoms with Crippen LogP contribution in [0.1, 0.15) is 41.9 Å². The van der Waals surface area contributed by atoms with Crippen LogP contribution in [-0.4, -0.2) is 35.8 Å². The molecule has 3 fully saturated rings. The molecule has 0 spiro atoms. The summed E-state index contributed by atoms with van der Waals surface area (Å²) in [5, 5.41) is 5.72. The Labute approximate surface area is 150 Å². The topological polar surface area (TPSA) is 61.4 Å². The van der Waals surface area contributed by atoms with E-state index in [-0.39, 0.29) is 24.2 Å². The molecule has 2 amide bonds. The van der Waals surface area contributed by atoms with Gasteiger partial charge in [-0.05, 0) is 54.8 Å². The van der Waals surface area contributed by atoms with Crippen LogP contribution in [0.25, 0.3) is 0 Å². The zero-order valence-corrected chi connectivity index (χ0v) is 14.4. The molecule has 3 heterocycles. The second kappa shape index (κ2) is 5.82. The molecule has 2 N–H and O–H groups in total. The number of halogens is 2. The second-order valence-corrected chi connectivity index (χ2v) is 8.02. The van der Waals surface area contributed by atoms with Crippen molar-refractivity contribution in [1.29, 1.82) is 0 Å². The van der Waals surface area contributed by atoms with E-state index in [0.29, 0.717) is 42.5 Å². The van der Waals surface area contributed by atoms with Crippen LogP contribution in [0.3, 0.4) is 0 Å². The summed E-state index contributed by atoms with van der Waals surface area (Å²) in [6.45, 7) is 2.42. The zero-order valence-electron chi connectivity index (χ0n) is 14.4. The van der Waals surface area contributed by atoms with Gasteiger partial charge in [-0.15, -0.1) is 0 Å². The summed E-state index contributed by atoms with van der Waals surface area (Å²) in [4.78, 5) is 25.5. The fraction of sp³-hybridized carbons (Fsp3) is 0.579. The Morgan fingerprint density at radius 3 is 2.46 bits per heavy atom. The maximum atomic E-state index is 14.8. The van der Waals surface area contributed by atoms with E-state index in [2.05, 4.69) is 10.6 Å². The maximum Gasteiger partial charge on any atom is 0.243 e. The van der Waals surface area contributed by atoms with Gasteiger partial charge in [0.15, 0.2) is 0 Å². The number of nitrogens with zero attached hydrogens (tertiary/aromatic N) is 1. The summed E-state index contributed by atoms with van der Waals surface area (Å²) in [6.07, 6.45) is 1.81. The molecule has 1 aromatic carbocycles. The standard InChI is InChI=1S/C19H21F2N3O2/c20-13-4-14(21)18(17-9-3-10(17)6-22-5-9)12-8-24(7-11(12)13)15-1-2-16(25)23-19(15)26/h4,9-10,15,17,22H,1-3,5-8H2,(H,23,25,26). The number of imide groups is 1. The summed E-state index contributed by atoms with van der Waals surface area (Å²) in [5.41, 5.74) is 1.91. The maximum absolute atomic E-state index is 14.8. The van der Waals surface area contributed by atoms with Crippen molar-refractivity contribution < 1.29 is 18.4 Å². The van der Waals surface area contributed by atoms with E-state index >= 15 is 0 Å². The SMILES string of the molecule is O=C1CCC(N2Cc3c(F)cc(F)c(C4C5CNCC4C5)c3C2)C(=O)N1. The predicted molar refractivity (Wildman–Crippen MR) is 89.0 cm³/mol. The number of carbonyl (C=O) groups excluding carboxylic acids is 2. The van der Waals surface area contributed by atoms with Gasteiger partial charge < -0.3 is 5.32 Å². The van der Waals surface area contributed by atoms with E-state index in [1.54, 1.807) is 0 Å². The summed E-state index contributed by atoms with van der Waals surface area (Å²) < 4.78 is 29.3. The number of amides is 2. The molecule has 1 aromatic rings. The van der Waals surface area contributed by atoms with Crippen molar-refractivity contribution in [2.45, 2.75) is 44.3 Å². The second-order valence-electron chi connectivity index (χ2n) is 8.02. The van der Waals surface area contributed by atoms with Crippen LogP contribution in [0.4, 0.5) is 8.78 Å². The van der Waals surface area contributed by atoms with Gasteiger partial charge in [0.2, 0.25) is 11.8 Å². The molecule has 0 radical (unpaired) electrons. The third-order valence-electron chi connectivity index (χ3n) is 6.63. The van der Waals surface area contributed by atoms with Crippen molar-refractivity contribution in [2.75, 3.05) is 13.1 Å². The average Bonchev–Trinajstić information content (AvgIpc) is 3.04. The van der Waals surface area contributed by atoms with E-state index < -0.39 is 17.7 Å². The summed E-state index contributed by atoms with van der Waals surface area (Å²) in [7, 11) is 0. The molecule has 3 aliphatic heterocycles. The van der Waals surface area contributed by atoms with Gasteiger partial charge in [0.1, 0.15) is 11.6 Å². The van der Waals surface area contributed by atoms with Crippen molar-refractivity contribution in [3.63, 3.8) is 0 Å². The highest BCUT2D eigenvalue weighted by molar-refractivity contribution is 6.00. The Bertz CT molecular complexity index is 798. The van der Waals surface area contributed by atoms with Gasteiger partial charge in [-0.3, -0.25) is 19.8 Å². The first-order chi connectivity index (χ1) is 12.5. The lowest BCUT2D eigenvalue weighted by molar-refractivity contribution is -0.137. The third kappa shape index (κ3) is 2.33. The Balaban J connectivity index is 1.48. The molecule has 4 aliphatic rings. The van der Waals surface area contributed by atoms with E-state index in [4.69, 9.17) is 0 Å². The van der Waals surface area contributed by atoms with Crippen LogP contribution in [0, 0.1) is 23.5 Å². The molecule has 0 aromatic heterocycles. The lowest BCUT2D eigenvalue weighted by Gasteiger charge is -2.50. The molecule has 5 nitrogen and oxygen atoms in total. The van der Waals surface area contributed by atoms with E-state index in [0.717, 1.165) is 31.1 Å². The molecule has 138 valence electrons. The van der Waals surface area contributed by atoms with E-state index in [1.807, 2.05) is 4.90 Å². The molecule has 3 unspecified atom stereocenters. The normalized spacial score (nSPS) is 33.6. The Morgan fingerprint density at radius 1 is 1.04 bits per heavy atom. The number of piperidine rings is 3. The van der Waals surface area contributed by atoms with Gasteiger partial charge in [-0.2, -0.15) is 0 Å². The van der Waals surface area contributed by atoms with Crippen molar-refractivity contribution in [3.05, 3.63) is 34.4 Å². The van der Waals surface area contributed by atoms with Crippen molar-refractivity contribution in [3.8, 4) is 0 Å².